The third-order valence-electron chi connectivity index (χ3n) is 4.98. The zero-order valence-electron chi connectivity index (χ0n) is 18.6. The summed E-state index contributed by atoms with van der Waals surface area (Å²) in [4.78, 5) is 12.8. The number of hydrogen-bond acceptors (Lipinski definition) is 8. The number of rotatable bonds is 8. The first-order valence-electron chi connectivity index (χ1n) is 10.2. The Morgan fingerprint density at radius 1 is 0.818 bits per heavy atom. The largest absolute Gasteiger partial charge is 0.407 e. The lowest BCUT2D eigenvalue weighted by Crippen LogP contribution is -2.15. The maximum Gasteiger partial charge on any atom is 0.322 e. The van der Waals surface area contributed by atoms with Crippen LogP contribution in [0.15, 0.2) is 62.7 Å². The fraction of sp³-hybridized carbons (Fsp3) is 0.318. The average molecular weight is 492 g/mol. The molecule has 11 heteroatoms. The summed E-state index contributed by atoms with van der Waals surface area (Å²) < 4.78 is 54.3. The molecule has 0 saturated carbocycles. The van der Waals surface area contributed by atoms with Gasteiger partial charge < -0.3 is 4.42 Å². The van der Waals surface area contributed by atoms with E-state index < -0.39 is 36.1 Å². The number of anilines is 1. The van der Waals surface area contributed by atoms with Gasteiger partial charge in [-0.05, 0) is 69.7 Å². The van der Waals surface area contributed by atoms with E-state index in [1.165, 1.54) is 36.4 Å². The van der Waals surface area contributed by atoms with E-state index in [1.54, 1.807) is 39.8 Å². The van der Waals surface area contributed by atoms with Crippen LogP contribution in [0.25, 0.3) is 0 Å². The van der Waals surface area contributed by atoms with Crippen molar-refractivity contribution in [2.45, 2.75) is 54.4 Å². The van der Waals surface area contributed by atoms with Crippen LogP contribution in [0, 0.1) is 0 Å². The molecule has 0 unspecified atom stereocenters. The molecule has 3 rings (SSSR count). The van der Waals surface area contributed by atoms with Crippen molar-refractivity contribution < 1.29 is 26.0 Å². The zero-order chi connectivity index (χ0) is 24.4. The minimum absolute atomic E-state index is 0.104. The maximum absolute atomic E-state index is 12.4. The van der Waals surface area contributed by atoms with E-state index in [0.717, 1.165) is 5.56 Å². The minimum atomic E-state index is -3.43. The van der Waals surface area contributed by atoms with Crippen molar-refractivity contribution >= 4 is 31.6 Å². The Labute approximate surface area is 193 Å². The molecule has 2 aromatic carbocycles. The Hall–Kier alpha value is -3.05. The van der Waals surface area contributed by atoms with Crippen molar-refractivity contribution in [3.8, 4) is 0 Å². The summed E-state index contributed by atoms with van der Waals surface area (Å²) in [6.45, 7) is 6.43. The molecule has 0 bridgehead atoms. The molecule has 1 N–H and O–H groups in total. The second kappa shape index (κ2) is 9.44. The van der Waals surface area contributed by atoms with Gasteiger partial charge in [-0.3, -0.25) is 10.1 Å². The van der Waals surface area contributed by atoms with E-state index >= 15 is 0 Å². The summed E-state index contributed by atoms with van der Waals surface area (Å²) in [5.74, 6) is -0.287. The van der Waals surface area contributed by atoms with Crippen LogP contribution in [0.5, 0.6) is 0 Å². The fourth-order valence-electron chi connectivity index (χ4n) is 2.86. The third-order valence-corrected chi connectivity index (χ3v) is 9.32. The van der Waals surface area contributed by atoms with Gasteiger partial charge in [-0.1, -0.05) is 17.2 Å². The molecular formula is C22H25N3O6S2. The molecule has 3 aromatic rings. The monoisotopic (exact) mass is 491 g/mol. The van der Waals surface area contributed by atoms with Gasteiger partial charge in [-0.15, -0.1) is 5.10 Å². The Bertz CT molecular complexity index is 1340. The van der Waals surface area contributed by atoms with Crippen molar-refractivity contribution in [3.63, 3.8) is 0 Å². The molecule has 0 aliphatic carbocycles. The summed E-state index contributed by atoms with van der Waals surface area (Å²) in [5, 5.41) is 9.09. The van der Waals surface area contributed by atoms with Gasteiger partial charge in [0.15, 0.2) is 19.7 Å². The number of nitrogens with zero attached hydrogens (tertiary/aromatic N) is 2. The van der Waals surface area contributed by atoms with E-state index in [0.29, 0.717) is 0 Å². The van der Waals surface area contributed by atoms with Crippen LogP contribution in [-0.4, -0.2) is 43.4 Å². The van der Waals surface area contributed by atoms with Crippen LogP contribution >= 0.6 is 0 Å². The molecule has 1 amide bonds. The van der Waals surface area contributed by atoms with Gasteiger partial charge >= 0.3 is 6.01 Å². The third kappa shape index (κ3) is 5.48. The molecule has 9 nitrogen and oxygen atoms in total. The molecule has 33 heavy (non-hydrogen) atoms. The smallest absolute Gasteiger partial charge is 0.322 e. The minimum Gasteiger partial charge on any atom is -0.407 e. The first-order chi connectivity index (χ1) is 15.4. The van der Waals surface area contributed by atoms with Crippen molar-refractivity contribution in [1.29, 1.82) is 0 Å². The zero-order valence-corrected chi connectivity index (χ0v) is 20.3. The quantitative estimate of drug-likeness (QED) is 0.507. The number of benzene rings is 2. The number of nitrogens with one attached hydrogen (secondary N) is 1. The Kier molecular flexibility index (Phi) is 7.03. The number of sulfone groups is 2. The van der Waals surface area contributed by atoms with Crippen LogP contribution in [0.4, 0.5) is 6.01 Å². The van der Waals surface area contributed by atoms with Gasteiger partial charge in [-0.25, -0.2) is 16.8 Å². The first-order valence-corrected chi connectivity index (χ1v) is 13.3. The number of carbonyl (C=O) groups excluding carboxylic acids is 1. The average Bonchev–Trinajstić information content (AvgIpc) is 3.20. The lowest BCUT2D eigenvalue weighted by atomic mass is 10.1. The summed E-state index contributed by atoms with van der Waals surface area (Å²) in [6.07, 6.45) is 0.257. The number of hydrogen-bond donors (Lipinski definition) is 1. The standard InChI is InChI=1S/C22H25N3O6S2/c1-14(2)32(27,28)18-9-5-16(6-10-18)13-20-24-25-22(31-20)23-21(26)17-7-11-19(12-8-17)33(29,30)15(3)4/h5-12,14-15H,13H2,1-4H3,(H,23,25,26). The molecule has 0 fully saturated rings. The summed E-state index contributed by atoms with van der Waals surface area (Å²) in [7, 11) is -6.78. The number of aromatic nitrogens is 2. The first kappa shape index (κ1) is 24.6. The summed E-state index contributed by atoms with van der Waals surface area (Å²) in [5.41, 5.74) is 1.00. The highest BCUT2D eigenvalue weighted by atomic mass is 32.2. The molecule has 176 valence electrons. The molecule has 0 atom stereocenters. The topological polar surface area (TPSA) is 136 Å². The van der Waals surface area contributed by atoms with Gasteiger partial charge in [0.05, 0.1) is 26.7 Å². The van der Waals surface area contributed by atoms with Crippen LogP contribution in [0.2, 0.25) is 0 Å². The Balaban J connectivity index is 1.66. The molecule has 0 radical (unpaired) electrons. The molecule has 0 spiro atoms. The second-order valence-corrected chi connectivity index (χ2v) is 13.0. The normalized spacial score (nSPS) is 12.3. The van der Waals surface area contributed by atoms with Gasteiger partial charge in [0, 0.05) is 5.56 Å². The van der Waals surface area contributed by atoms with Crippen molar-refractivity contribution in [2.24, 2.45) is 0 Å². The van der Waals surface area contributed by atoms with Crippen molar-refractivity contribution in [2.75, 3.05) is 5.32 Å². The highest BCUT2D eigenvalue weighted by Gasteiger charge is 2.21. The van der Waals surface area contributed by atoms with E-state index in [4.69, 9.17) is 4.42 Å². The van der Waals surface area contributed by atoms with Gasteiger partial charge in [0.25, 0.3) is 5.91 Å². The van der Waals surface area contributed by atoms with Crippen LogP contribution in [-0.2, 0) is 26.1 Å². The lowest BCUT2D eigenvalue weighted by Gasteiger charge is -2.08. The second-order valence-electron chi connectivity index (χ2n) is 7.99. The predicted octanol–water partition coefficient (Wildman–Crippen LogP) is 3.28. The highest BCUT2D eigenvalue weighted by Crippen LogP contribution is 2.19. The van der Waals surface area contributed by atoms with E-state index in [2.05, 4.69) is 15.5 Å². The van der Waals surface area contributed by atoms with Crippen molar-refractivity contribution in [1.82, 2.24) is 10.2 Å². The van der Waals surface area contributed by atoms with Crippen LogP contribution in [0.3, 0.4) is 0 Å². The van der Waals surface area contributed by atoms with Crippen LogP contribution in [0.1, 0.15) is 49.5 Å². The van der Waals surface area contributed by atoms with Gasteiger partial charge in [-0.2, -0.15) is 0 Å². The Morgan fingerprint density at radius 3 is 1.79 bits per heavy atom. The molecule has 0 saturated heterocycles. The summed E-state index contributed by atoms with van der Waals surface area (Å²) >= 11 is 0. The fourth-order valence-corrected chi connectivity index (χ4v) is 4.98. The van der Waals surface area contributed by atoms with Gasteiger partial charge in [0.1, 0.15) is 0 Å². The molecule has 0 aliphatic heterocycles. The SMILES string of the molecule is CC(C)S(=O)(=O)c1ccc(Cc2nnc(NC(=O)c3ccc(S(=O)(=O)C(C)C)cc3)o2)cc1. The van der Waals surface area contributed by atoms with Gasteiger partial charge in [0.2, 0.25) is 5.89 Å². The van der Waals surface area contributed by atoms with Crippen LogP contribution < -0.4 is 5.32 Å². The lowest BCUT2D eigenvalue weighted by molar-refractivity contribution is 0.102. The number of carbonyl (C=O) groups is 1. The van der Waals surface area contributed by atoms with E-state index in [-0.39, 0.29) is 33.7 Å². The number of amides is 1. The molecule has 1 aromatic heterocycles. The Morgan fingerprint density at radius 2 is 1.30 bits per heavy atom. The molecule has 1 heterocycles. The maximum atomic E-state index is 12.4. The molecule has 0 aliphatic rings. The van der Waals surface area contributed by atoms with Crippen molar-refractivity contribution in [3.05, 3.63) is 65.5 Å². The summed E-state index contributed by atoms with van der Waals surface area (Å²) in [6, 6.07) is 11.9. The van der Waals surface area contributed by atoms with E-state index in [1.807, 2.05) is 0 Å². The molecular weight excluding hydrogens is 466 g/mol. The van der Waals surface area contributed by atoms with E-state index in [9.17, 15) is 21.6 Å². The highest BCUT2D eigenvalue weighted by molar-refractivity contribution is 7.92. The predicted molar refractivity (Wildman–Crippen MR) is 123 cm³/mol.